The number of nitrogens with one attached hydrogen (secondary N) is 1. The van der Waals surface area contributed by atoms with Gasteiger partial charge in [-0.05, 0) is 42.2 Å². The standard InChI is InChI=1S/C23H31N3O4/c1-4-6-7-13-25-23(29)26(3)21-16-19(12-14-24-21)18-10-8-17(9-11-18)15-20(22(27)28)30-5-2/h8-12,14,16,20H,4-7,13,15H2,1-3H3,(H,25,29)(H,27,28)/t20-/m0/s1. The Morgan fingerprint density at radius 2 is 1.87 bits per heavy atom. The van der Waals surface area contributed by atoms with E-state index in [0.717, 1.165) is 36.0 Å². The quantitative estimate of drug-likeness (QED) is 0.541. The minimum atomic E-state index is -0.962. The number of carbonyl (C=O) groups excluding carboxylic acids is 1. The van der Waals surface area contributed by atoms with Gasteiger partial charge >= 0.3 is 12.0 Å². The fourth-order valence-corrected chi connectivity index (χ4v) is 3.04. The lowest BCUT2D eigenvalue weighted by Gasteiger charge is -2.18. The summed E-state index contributed by atoms with van der Waals surface area (Å²) in [5.74, 6) is -0.400. The number of benzene rings is 1. The highest BCUT2D eigenvalue weighted by atomic mass is 16.5. The molecule has 1 aromatic carbocycles. The number of rotatable bonds is 11. The van der Waals surface area contributed by atoms with Crippen LogP contribution in [0.15, 0.2) is 42.6 Å². The van der Waals surface area contributed by atoms with E-state index in [1.54, 1.807) is 20.2 Å². The third-order valence-corrected chi connectivity index (χ3v) is 4.80. The van der Waals surface area contributed by atoms with Crippen molar-refractivity contribution in [3.05, 3.63) is 48.2 Å². The monoisotopic (exact) mass is 413 g/mol. The van der Waals surface area contributed by atoms with Crippen molar-refractivity contribution >= 4 is 17.8 Å². The number of hydrogen-bond donors (Lipinski definition) is 2. The number of aliphatic carboxylic acids is 1. The minimum absolute atomic E-state index is 0.179. The molecule has 0 saturated heterocycles. The lowest BCUT2D eigenvalue weighted by molar-refractivity contribution is -0.149. The van der Waals surface area contributed by atoms with Crippen molar-refractivity contribution in [3.63, 3.8) is 0 Å². The van der Waals surface area contributed by atoms with E-state index in [2.05, 4.69) is 17.2 Å². The van der Waals surface area contributed by atoms with Gasteiger partial charge in [0.15, 0.2) is 6.10 Å². The maximum atomic E-state index is 12.3. The van der Waals surface area contributed by atoms with Gasteiger partial charge in [0, 0.05) is 32.8 Å². The van der Waals surface area contributed by atoms with Crippen LogP contribution in [0.1, 0.15) is 38.7 Å². The lowest BCUT2D eigenvalue weighted by atomic mass is 10.0. The summed E-state index contributed by atoms with van der Waals surface area (Å²) in [5.41, 5.74) is 2.77. The second-order valence-corrected chi connectivity index (χ2v) is 7.08. The SMILES string of the molecule is CCCCCNC(=O)N(C)c1cc(-c2ccc(C[C@H](OCC)C(=O)O)cc2)ccn1. The first-order valence-corrected chi connectivity index (χ1v) is 10.4. The number of carboxylic acids is 1. The summed E-state index contributed by atoms with van der Waals surface area (Å²) in [5, 5.41) is 12.1. The number of nitrogens with zero attached hydrogens (tertiary/aromatic N) is 2. The van der Waals surface area contributed by atoms with Gasteiger partial charge in [0.1, 0.15) is 5.82 Å². The summed E-state index contributed by atoms with van der Waals surface area (Å²) in [7, 11) is 1.70. The fraction of sp³-hybridized carbons (Fsp3) is 0.435. The molecule has 0 radical (unpaired) electrons. The number of urea groups is 1. The smallest absolute Gasteiger partial charge is 0.333 e. The van der Waals surface area contributed by atoms with Crippen LogP contribution < -0.4 is 10.2 Å². The second kappa shape index (κ2) is 11.9. The van der Waals surface area contributed by atoms with Gasteiger partial charge in [-0.2, -0.15) is 0 Å². The van der Waals surface area contributed by atoms with E-state index in [-0.39, 0.29) is 6.03 Å². The minimum Gasteiger partial charge on any atom is -0.479 e. The Labute approximate surface area is 178 Å². The Kier molecular flexibility index (Phi) is 9.28. The van der Waals surface area contributed by atoms with Gasteiger partial charge in [0.25, 0.3) is 0 Å². The molecule has 162 valence electrons. The maximum Gasteiger partial charge on any atom is 0.333 e. The number of unbranched alkanes of at least 4 members (excludes halogenated alkanes) is 2. The molecule has 0 fully saturated rings. The average molecular weight is 414 g/mol. The number of carbonyl (C=O) groups is 2. The fourth-order valence-electron chi connectivity index (χ4n) is 3.04. The van der Waals surface area contributed by atoms with Crippen molar-refractivity contribution in [2.45, 2.75) is 45.6 Å². The topological polar surface area (TPSA) is 91.8 Å². The molecule has 0 saturated carbocycles. The number of hydrogen-bond acceptors (Lipinski definition) is 4. The van der Waals surface area contributed by atoms with Crippen LogP contribution in [0.4, 0.5) is 10.6 Å². The summed E-state index contributed by atoms with van der Waals surface area (Å²) < 4.78 is 5.28. The summed E-state index contributed by atoms with van der Waals surface area (Å²) in [6, 6.07) is 11.2. The van der Waals surface area contributed by atoms with Crippen LogP contribution >= 0.6 is 0 Å². The Hall–Kier alpha value is -2.93. The van der Waals surface area contributed by atoms with Crippen LogP contribution in [0.5, 0.6) is 0 Å². The molecule has 2 aromatic rings. The van der Waals surface area contributed by atoms with Gasteiger partial charge in [-0.1, -0.05) is 44.0 Å². The zero-order valence-electron chi connectivity index (χ0n) is 17.9. The lowest BCUT2D eigenvalue weighted by Crippen LogP contribution is -2.38. The van der Waals surface area contributed by atoms with E-state index in [4.69, 9.17) is 4.74 Å². The van der Waals surface area contributed by atoms with E-state index in [0.29, 0.717) is 25.4 Å². The first-order valence-electron chi connectivity index (χ1n) is 10.4. The van der Waals surface area contributed by atoms with Gasteiger partial charge in [0.05, 0.1) is 0 Å². The first kappa shape index (κ1) is 23.3. The number of aromatic nitrogens is 1. The van der Waals surface area contributed by atoms with E-state index >= 15 is 0 Å². The predicted octanol–water partition coefficient (Wildman–Crippen LogP) is 4.12. The molecule has 2 amide bonds. The van der Waals surface area contributed by atoms with Crippen LogP contribution in [0.2, 0.25) is 0 Å². The van der Waals surface area contributed by atoms with Crippen molar-refractivity contribution < 1.29 is 19.4 Å². The van der Waals surface area contributed by atoms with Crippen molar-refractivity contribution in [2.24, 2.45) is 0 Å². The van der Waals surface area contributed by atoms with Gasteiger partial charge in [-0.15, -0.1) is 0 Å². The summed E-state index contributed by atoms with van der Waals surface area (Å²) in [4.78, 5) is 29.4. The molecule has 1 atom stereocenters. The third-order valence-electron chi connectivity index (χ3n) is 4.80. The van der Waals surface area contributed by atoms with Crippen LogP contribution in [0.3, 0.4) is 0 Å². The Morgan fingerprint density at radius 3 is 2.50 bits per heavy atom. The van der Waals surface area contributed by atoms with E-state index < -0.39 is 12.1 Å². The Morgan fingerprint density at radius 1 is 1.13 bits per heavy atom. The Bertz CT molecular complexity index is 823. The average Bonchev–Trinajstić information content (AvgIpc) is 2.76. The highest BCUT2D eigenvalue weighted by molar-refractivity contribution is 5.91. The molecular formula is C23H31N3O4. The van der Waals surface area contributed by atoms with Crippen molar-refractivity contribution in [2.75, 3.05) is 25.1 Å². The molecule has 0 spiro atoms. The zero-order chi connectivity index (χ0) is 21.9. The number of anilines is 1. The molecule has 1 aromatic heterocycles. The molecule has 7 nitrogen and oxygen atoms in total. The zero-order valence-corrected chi connectivity index (χ0v) is 17.9. The summed E-state index contributed by atoms with van der Waals surface area (Å²) in [6.45, 7) is 4.91. The molecule has 2 rings (SSSR count). The highest BCUT2D eigenvalue weighted by Crippen LogP contribution is 2.23. The molecule has 2 N–H and O–H groups in total. The Balaban J connectivity index is 2.06. The number of ether oxygens (including phenoxy) is 1. The van der Waals surface area contributed by atoms with Gasteiger partial charge < -0.3 is 15.2 Å². The van der Waals surface area contributed by atoms with Crippen molar-refractivity contribution in [1.29, 1.82) is 0 Å². The number of amides is 2. The molecule has 0 aliphatic rings. The first-order chi connectivity index (χ1) is 14.5. The van der Waals surface area contributed by atoms with Gasteiger partial charge in [0.2, 0.25) is 0 Å². The van der Waals surface area contributed by atoms with E-state index in [1.807, 2.05) is 36.4 Å². The maximum absolute atomic E-state index is 12.3. The molecule has 0 bridgehead atoms. The molecule has 7 heteroatoms. The van der Waals surface area contributed by atoms with Crippen LogP contribution in [-0.4, -0.2) is 48.4 Å². The largest absolute Gasteiger partial charge is 0.479 e. The van der Waals surface area contributed by atoms with Crippen LogP contribution in [0.25, 0.3) is 11.1 Å². The number of pyridine rings is 1. The second-order valence-electron chi connectivity index (χ2n) is 7.08. The number of carboxylic acid groups (broad SMARTS) is 1. The van der Waals surface area contributed by atoms with E-state index in [1.165, 1.54) is 4.90 Å². The van der Waals surface area contributed by atoms with Gasteiger partial charge in [-0.25, -0.2) is 14.6 Å². The molecule has 0 unspecified atom stereocenters. The molecule has 30 heavy (non-hydrogen) atoms. The summed E-state index contributed by atoms with van der Waals surface area (Å²) in [6.07, 6.45) is 4.29. The third kappa shape index (κ3) is 6.84. The highest BCUT2D eigenvalue weighted by Gasteiger charge is 2.18. The molecule has 0 aliphatic carbocycles. The van der Waals surface area contributed by atoms with Gasteiger partial charge in [-0.3, -0.25) is 4.90 Å². The summed E-state index contributed by atoms with van der Waals surface area (Å²) >= 11 is 0. The van der Waals surface area contributed by atoms with Crippen molar-refractivity contribution in [3.8, 4) is 11.1 Å². The predicted molar refractivity (Wildman–Crippen MR) is 118 cm³/mol. The van der Waals surface area contributed by atoms with Crippen LogP contribution in [-0.2, 0) is 16.0 Å². The molecule has 0 aliphatic heterocycles. The molecule has 1 heterocycles. The van der Waals surface area contributed by atoms with Crippen molar-refractivity contribution in [1.82, 2.24) is 10.3 Å². The van der Waals surface area contributed by atoms with E-state index in [9.17, 15) is 14.7 Å². The molecular weight excluding hydrogens is 382 g/mol. The van der Waals surface area contributed by atoms with Crippen LogP contribution in [0, 0.1) is 0 Å². The normalized spacial score (nSPS) is 11.7.